The molecular formula is C16H15ClFNO. The minimum atomic E-state index is -0.573. The molecule has 0 unspecified atom stereocenters. The Hall–Kier alpha value is -1.87. The molecule has 0 bridgehead atoms. The number of nitrogens with zero attached hydrogens (tertiary/aromatic N) is 1. The summed E-state index contributed by atoms with van der Waals surface area (Å²) >= 11 is 5.83. The number of amides is 1. The van der Waals surface area contributed by atoms with Gasteiger partial charge in [0.25, 0.3) is 5.91 Å². The summed E-state index contributed by atoms with van der Waals surface area (Å²) in [4.78, 5) is 13.8. The maximum Gasteiger partial charge on any atom is 0.261 e. The van der Waals surface area contributed by atoms with E-state index in [0.717, 1.165) is 16.8 Å². The third kappa shape index (κ3) is 2.83. The van der Waals surface area contributed by atoms with Crippen LogP contribution in [0.2, 0.25) is 5.02 Å². The highest BCUT2D eigenvalue weighted by Gasteiger charge is 2.19. The van der Waals surface area contributed by atoms with E-state index in [0.29, 0.717) is 5.02 Å². The minimum Gasteiger partial charge on any atom is -0.311 e. The van der Waals surface area contributed by atoms with E-state index in [4.69, 9.17) is 11.6 Å². The fraction of sp³-hybridized carbons (Fsp3) is 0.188. The van der Waals surface area contributed by atoms with Crippen molar-refractivity contribution in [2.75, 3.05) is 11.9 Å². The van der Waals surface area contributed by atoms with Gasteiger partial charge >= 0.3 is 0 Å². The average Bonchev–Trinajstić information content (AvgIpc) is 2.40. The second-order valence-corrected chi connectivity index (χ2v) is 5.21. The molecule has 0 radical (unpaired) electrons. The highest BCUT2D eigenvalue weighted by molar-refractivity contribution is 6.31. The maximum absolute atomic E-state index is 13.8. The number of carbonyl (C=O) groups excluding carboxylic acids is 1. The quantitative estimate of drug-likeness (QED) is 0.804. The van der Waals surface area contributed by atoms with Crippen molar-refractivity contribution in [3.63, 3.8) is 0 Å². The van der Waals surface area contributed by atoms with Crippen LogP contribution in [0.4, 0.5) is 10.1 Å². The van der Waals surface area contributed by atoms with Crippen molar-refractivity contribution in [1.82, 2.24) is 0 Å². The monoisotopic (exact) mass is 291 g/mol. The number of anilines is 1. The molecule has 0 heterocycles. The molecule has 0 aromatic heterocycles. The van der Waals surface area contributed by atoms with Gasteiger partial charge in [0, 0.05) is 17.8 Å². The van der Waals surface area contributed by atoms with E-state index >= 15 is 0 Å². The lowest BCUT2D eigenvalue weighted by atomic mass is 10.1. The molecule has 2 rings (SSSR count). The van der Waals surface area contributed by atoms with E-state index in [2.05, 4.69) is 0 Å². The largest absolute Gasteiger partial charge is 0.311 e. The Morgan fingerprint density at radius 2 is 1.85 bits per heavy atom. The fourth-order valence-corrected chi connectivity index (χ4v) is 2.31. The predicted molar refractivity (Wildman–Crippen MR) is 80.1 cm³/mol. The average molecular weight is 292 g/mol. The van der Waals surface area contributed by atoms with Gasteiger partial charge < -0.3 is 4.90 Å². The Bertz CT molecular complexity index is 670. The normalized spacial score (nSPS) is 10.4. The van der Waals surface area contributed by atoms with Crippen molar-refractivity contribution < 1.29 is 9.18 Å². The zero-order chi connectivity index (χ0) is 14.9. The van der Waals surface area contributed by atoms with E-state index in [9.17, 15) is 9.18 Å². The second kappa shape index (κ2) is 5.63. The molecule has 104 valence electrons. The van der Waals surface area contributed by atoms with Crippen LogP contribution in [0, 0.1) is 19.7 Å². The van der Waals surface area contributed by atoms with Gasteiger partial charge in [0.05, 0.1) is 5.56 Å². The molecule has 2 aromatic carbocycles. The van der Waals surface area contributed by atoms with Crippen molar-refractivity contribution in [2.45, 2.75) is 13.8 Å². The molecule has 4 heteroatoms. The standard InChI is InChI=1S/C16H15ClFNO/c1-10-4-7-15(11(2)8-10)19(3)16(20)13-9-12(17)5-6-14(13)18/h4-9H,1-3H3. The summed E-state index contributed by atoms with van der Waals surface area (Å²) in [6, 6.07) is 9.72. The first-order valence-corrected chi connectivity index (χ1v) is 6.58. The maximum atomic E-state index is 13.8. The first-order chi connectivity index (χ1) is 9.40. The van der Waals surface area contributed by atoms with Gasteiger partial charge in [-0.2, -0.15) is 0 Å². The van der Waals surface area contributed by atoms with E-state index in [1.54, 1.807) is 7.05 Å². The molecule has 0 saturated carbocycles. The first kappa shape index (κ1) is 14.5. The molecule has 0 fully saturated rings. The number of benzene rings is 2. The van der Waals surface area contributed by atoms with Crippen molar-refractivity contribution in [3.05, 3.63) is 63.9 Å². The SMILES string of the molecule is Cc1ccc(N(C)C(=O)c2cc(Cl)ccc2F)c(C)c1. The van der Waals surface area contributed by atoms with Crippen LogP contribution in [0.5, 0.6) is 0 Å². The molecule has 2 aromatic rings. The van der Waals surface area contributed by atoms with Crippen LogP contribution in [-0.2, 0) is 0 Å². The third-order valence-corrected chi connectivity index (χ3v) is 3.41. The lowest BCUT2D eigenvalue weighted by Crippen LogP contribution is -2.27. The summed E-state index contributed by atoms with van der Waals surface area (Å²) in [7, 11) is 1.63. The van der Waals surface area contributed by atoms with Gasteiger partial charge in [0.2, 0.25) is 0 Å². The summed E-state index contributed by atoms with van der Waals surface area (Å²) in [6.45, 7) is 3.90. The zero-order valence-corrected chi connectivity index (χ0v) is 12.3. The Balaban J connectivity index is 2.40. The summed E-state index contributed by atoms with van der Waals surface area (Å²) in [6.07, 6.45) is 0. The first-order valence-electron chi connectivity index (χ1n) is 6.20. The van der Waals surface area contributed by atoms with Gasteiger partial charge in [-0.3, -0.25) is 4.79 Å². The Morgan fingerprint density at radius 3 is 2.50 bits per heavy atom. The van der Waals surface area contributed by atoms with Gasteiger partial charge in [-0.05, 0) is 43.7 Å². The van der Waals surface area contributed by atoms with E-state index in [1.807, 2.05) is 32.0 Å². The van der Waals surface area contributed by atoms with Gasteiger partial charge in [0.15, 0.2) is 0 Å². The molecule has 0 spiro atoms. The topological polar surface area (TPSA) is 20.3 Å². The molecular weight excluding hydrogens is 277 g/mol. The van der Waals surface area contributed by atoms with Crippen LogP contribution < -0.4 is 4.90 Å². The van der Waals surface area contributed by atoms with Crippen LogP contribution in [0.15, 0.2) is 36.4 Å². The Kier molecular flexibility index (Phi) is 4.09. The van der Waals surface area contributed by atoms with Gasteiger partial charge in [0.1, 0.15) is 5.82 Å². The highest BCUT2D eigenvalue weighted by atomic mass is 35.5. The Morgan fingerprint density at radius 1 is 1.15 bits per heavy atom. The molecule has 0 aliphatic heterocycles. The summed E-state index contributed by atoms with van der Waals surface area (Å²) in [5.41, 5.74) is 2.80. The van der Waals surface area contributed by atoms with Crippen molar-refractivity contribution >= 4 is 23.2 Å². The van der Waals surface area contributed by atoms with Crippen molar-refractivity contribution in [3.8, 4) is 0 Å². The molecule has 0 aliphatic rings. The number of rotatable bonds is 2. The Labute approximate surface area is 122 Å². The van der Waals surface area contributed by atoms with Gasteiger partial charge in [-0.1, -0.05) is 29.3 Å². The summed E-state index contributed by atoms with van der Waals surface area (Å²) < 4.78 is 13.8. The van der Waals surface area contributed by atoms with Crippen LogP contribution in [0.1, 0.15) is 21.5 Å². The van der Waals surface area contributed by atoms with E-state index in [1.165, 1.54) is 23.1 Å². The number of carbonyl (C=O) groups is 1. The third-order valence-electron chi connectivity index (χ3n) is 3.18. The number of aryl methyl sites for hydroxylation is 2. The smallest absolute Gasteiger partial charge is 0.261 e. The van der Waals surface area contributed by atoms with Crippen LogP contribution >= 0.6 is 11.6 Å². The highest BCUT2D eigenvalue weighted by Crippen LogP contribution is 2.23. The molecule has 2 nitrogen and oxygen atoms in total. The van der Waals surface area contributed by atoms with Gasteiger partial charge in [-0.25, -0.2) is 4.39 Å². The van der Waals surface area contributed by atoms with Crippen LogP contribution in [0.25, 0.3) is 0 Å². The molecule has 0 N–H and O–H groups in total. The molecule has 0 atom stereocenters. The van der Waals surface area contributed by atoms with Crippen molar-refractivity contribution in [2.24, 2.45) is 0 Å². The van der Waals surface area contributed by atoms with Crippen LogP contribution in [0.3, 0.4) is 0 Å². The summed E-state index contributed by atoms with van der Waals surface area (Å²) in [5.74, 6) is -0.993. The van der Waals surface area contributed by atoms with Crippen LogP contribution in [-0.4, -0.2) is 13.0 Å². The van der Waals surface area contributed by atoms with E-state index in [-0.39, 0.29) is 5.56 Å². The molecule has 20 heavy (non-hydrogen) atoms. The molecule has 0 saturated heterocycles. The van der Waals surface area contributed by atoms with Crippen molar-refractivity contribution in [1.29, 1.82) is 0 Å². The second-order valence-electron chi connectivity index (χ2n) is 4.78. The molecule has 1 amide bonds. The number of hydrogen-bond donors (Lipinski definition) is 0. The number of hydrogen-bond acceptors (Lipinski definition) is 1. The summed E-state index contributed by atoms with van der Waals surface area (Å²) in [5, 5.41) is 0.337. The zero-order valence-electron chi connectivity index (χ0n) is 11.6. The number of halogens is 2. The lowest BCUT2D eigenvalue weighted by Gasteiger charge is -2.20. The van der Waals surface area contributed by atoms with E-state index < -0.39 is 11.7 Å². The fourth-order valence-electron chi connectivity index (χ4n) is 2.13. The predicted octanol–water partition coefficient (Wildman–Crippen LogP) is 4.37. The molecule has 0 aliphatic carbocycles. The lowest BCUT2D eigenvalue weighted by molar-refractivity contribution is 0.0989. The van der Waals surface area contributed by atoms with Gasteiger partial charge in [-0.15, -0.1) is 0 Å². The minimum absolute atomic E-state index is 0.0278.